The molecule has 0 saturated carbocycles. The van der Waals surface area contributed by atoms with Crippen LogP contribution in [0.4, 0.5) is 0 Å². The van der Waals surface area contributed by atoms with Crippen molar-refractivity contribution in [3.05, 3.63) is 22.3 Å². The van der Waals surface area contributed by atoms with Gasteiger partial charge >= 0.3 is 13.6 Å². The molecule has 0 amide bonds. The zero-order valence-electron chi connectivity index (χ0n) is 17.2. The van der Waals surface area contributed by atoms with E-state index in [2.05, 4.69) is 0 Å². The van der Waals surface area contributed by atoms with Crippen molar-refractivity contribution in [2.45, 2.75) is 59.9 Å². The summed E-state index contributed by atoms with van der Waals surface area (Å²) in [5, 5.41) is 10.6. The molecule has 0 aliphatic carbocycles. The van der Waals surface area contributed by atoms with E-state index in [1.807, 2.05) is 6.92 Å². The smallest absolute Gasteiger partial charge is 0.356 e. The maximum atomic E-state index is 12.8. The van der Waals surface area contributed by atoms with Gasteiger partial charge in [0.05, 0.1) is 25.9 Å². The van der Waals surface area contributed by atoms with E-state index >= 15 is 0 Å². The summed E-state index contributed by atoms with van der Waals surface area (Å²) in [6.45, 7) is 9.13. The van der Waals surface area contributed by atoms with Crippen molar-refractivity contribution in [2.75, 3.05) is 20.1 Å². The molecule has 1 aliphatic rings. The minimum absolute atomic E-state index is 0.114. The number of hydrogen-bond acceptors (Lipinski definition) is 8. The van der Waals surface area contributed by atoms with Crippen LogP contribution < -0.4 is 4.74 Å². The summed E-state index contributed by atoms with van der Waals surface area (Å²) < 4.78 is 39.7. The van der Waals surface area contributed by atoms with Gasteiger partial charge in [0.15, 0.2) is 0 Å². The van der Waals surface area contributed by atoms with Crippen LogP contribution in [0.5, 0.6) is 11.5 Å². The molecule has 0 bridgehead atoms. The van der Waals surface area contributed by atoms with Gasteiger partial charge in [0.2, 0.25) is 0 Å². The molecule has 158 valence electrons. The quantitative estimate of drug-likeness (QED) is 0.348. The van der Waals surface area contributed by atoms with Gasteiger partial charge in [-0.05, 0) is 40.2 Å². The zero-order chi connectivity index (χ0) is 21.1. The van der Waals surface area contributed by atoms with Crippen LogP contribution in [0.2, 0.25) is 0 Å². The molecule has 1 aromatic rings. The number of rotatable bonds is 10. The summed E-state index contributed by atoms with van der Waals surface area (Å²) in [5.74, 6) is -0.234. The largest absolute Gasteiger partial charge is 0.507 e. The first-order valence-corrected chi connectivity index (χ1v) is 10.9. The highest BCUT2D eigenvalue weighted by molar-refractivity contribution is 7.53. The predicted molar refractivity (Wildman–Crippen MR) is 103 cm³/mol. The first kappa shape index (κ1) is 22.7. The minimum atomic E-state index is -3.41. The Morgan fingerprint density at radius 2 is 1.79 bits per heavy atom. The lowest BCUT2D eigenvalue weighted by atomic mass is 9.95. The monoisotopic (exact) mass is 416 g/mol. The van der Waals surface area contributed by atoms with Gasteiger partial charge in [-0.2, -0.15) is 0 Å². The Morgan fingerprint density at radius 3 is 2.32 bits per heavy atom. The van der Waals surface area contributed by atoms with Crippen LogP contribution in [0.1, 0.15) is 54.7 Å². The number of hydrogen-bond donors (Lipinski definition) is 1. The molecule has 0 fully saturated rings. The lowest BCUT2D eigenvalue weighted by Gasteiger charge is -2.22. The van der Waals surface area contributed by atoms with E-state index in [4.69, 9.17) is 23.3 Å². The van der Waals surface area contributed by atoms with Crippen LogP contribution in [0.25, 0.3) is 0 Å². The zero-order valence-corrected chi connectivity index (χ0v) is 18.1. The van der Waals surface area contributed by atoms with Gasteiger partial charge in [-0.1, -0.05) is 0 Å². The highest BCUT2D eigenvalue weighted by atomic mass is 31.2. The number of phenols is 1. The number of carbonyl (C=O) groups is 1. The molecule has 2 rings (SSSR count). The summed E-state index contributed by atoms with van der Waals surface area (Å²) in [4.78, 5) is 11.9. The third-order valence-corrected chi connectivity index (χ3v) is 6.12. The fraction of sp³-hybridized carbons (Fsp3) is 0.632. The molecule has 1 aromatic carbocycles. The molecule has 1 heterocycles. The number of esters is 1. The third-order valence-electron chi connectivity index (χ3n) is 4.14. The van der Waals surface area contributed by atoms with Crippen molar-refractivity contribution in [2.24, 2.45) is 0 Å². The van der Waals surface area contributed by atoms with Crippen LogP contribution in [-0.2, 0) is 36.1 Å². The number of fused-ring (bicyclic) bond motifs is 1. The number of benzene rings is 1. The van der Waals surface area contributed by atoms with Gasteiger partial charge in [0.1, 0.15) is 30.0 Å². The Labute approximate surface area is 165 Å². The molecule has 1 N–H and O–H groups in total. The Kier molecular flexibility index (Phi) is 7.51. The summed E-state index contributed by atoms with van der Waals surface area (Å²) >= 11 is 0. The standard InChI is InChI=1S/C19H29O8P/c1-11(2)26-28(22,27-12(3)4)10-24-8-7-14-17(20)16-15(9-25-19(16)21)13(5)18(14)23-6/h11-12,20H,7-10H2,1-6H3. The van der Waals surface area contributed by atoms with E-state index in [0.29, 0.717) is 16.9 Å². The molecule has 8 nitrogen and oxygen atoms in total. The maximum Gasteiger partial charge on any atom is 0.356 e. The number of carbonyl (C=O) groups excluding carboxylic acids is 1. The fourth-order valence-corrected chi connectivity index (χ4v) is 4.96. The van der Waals surface area contributed by atoms with Gasteiger partial charge in [-0.25, -0.2) is 4.79 Å². The molecule has 0 spiro atoms. The van der Waals surface area contributed by atoms with Crippen molar-refractivity contribution in [3.8, 4) is 11.5 Å². The van der Waals surface area contributed by atoms with Crippen molar-refractivity contribution in [1.29, 1.82) is 0 Å². The average molecular weight is 416 g/mol. The van der Waals surface area contributed by atoms with E-state index in [1.54, 1.807) is 27.7 Å². The van der Waals surface area contributed by atoms with Gasteiger partial charge in [0, 0.05) is 17.5 Å². The van der Waals surface area contributed by atoms with E-state index in [9.17, 15) is 14.5 Å². The fourth-order valence-electron chi connectivity index (χ4n) is 3.15. The second-order valence-corrected chi connectivity index (χ2v) is 9.02. The van der Waals surface area contributed by atoms with Crippen molar-refractivity contribution in [3.63, 3.8) is 0 Å². The number of ether oxygens (including phenoxy) is 3. The Bertz CT molecular complexity index is 758. The Morgan fingerprint density at radius 1 is 1.18 bits per heavy atom. The average Bonchev–Trinajstić information content (AvgIpc) is 2.96. The molecule has 0 aromatic heterocycles. The van der Waals surface area contributed by atoms with Crippen LogP contribution in [0, 0.1) is 6.92 Å². The lowest BCUT2D eigenvalue weighted by molar-refractivity contribution is 0.0532. The van der Waals surface area contributed by atoms with E-state index < -0.39 is 13.6 Å². The molecule has 0 saturated heterocycles. The van der Waals surface area contributed by atoms with Crippen LogP contribution in [-0.4, -0.2) is 43.3 Å². The molecule has 28 heavy (non-hydrogen) atoms. The number of aromatic hydroxyl groups is 1. The number of phenolic OH excluding ortho intramolecular Hbond substituents is 1. The van der Waals surface area contributed by atoms with E-state index in [-0.39, 0.29) is 49.5 Å². The summed E-state index contributed by atoms with van der Waals surface area (Å²) in [5.41, 5.74) is 1.99. The Hall–Kier alpha value is -1.60. The molecule has 0 radical (unpaired) electrons. The van der Waals surface area contributed by atoms with Crippen LogP contribution in [0.15, 0.2) is 0 Å². The number of cyclic esters (lactones) is 1. The normalized spacial score (nSPS) is 13.9. The van der Waals surface area contributed by atoms with Gasteiger partial charge in [-0.3, -0.25) is 4.57 Å². The lowest BCUT2D eigenvalue weighted by Crippen LogP contribution is -2.13. The van der Waals surface area contributed by atoms with Crippen molar-refractivity contribution >= 4 is 13.6 Å². The molecule has 0 atom stereocenters. The molecular formula is C19H29O8P. The number of methoxy groups -OCH3 is 1. The first-order valence-electron chi connectivity index (χ1n) is 9.21. The highest BCUT2D eigenvalue weighted by Gasteiger charge is 2.32. The molecular weight excluding hydrogens is 387 g/mol. The van der Waals surface area contributed by atoms with E-state index in [1.165, 1.54) is 7.11 Å². The summed E-state index contributed by atoms with van der Waals surface area (Å²) in [7, 11) is -1.91. The Balaban J connectivity index is 2.12. The topological polar surface area (TPSA) is 101 Å². The minimum Gasteiger partial charge on any atom is -0.507 e. The highest BCUT2D eigenvalue weighted by Crippen LogP contribution is 2.50. The summed E-state index contributed by atoms with van der Waals surface area (Å²) in [6, 6.07) is 0. The summed E-state index contributed by atoms with van der Waals surface area (Å²) in [6.07, 6.45) is -0.511. The van der Waals surface area contributed by atoms with Gasteiger partial charge in [-0.15, -0.1) is 0 Å². The molecule has 1 aliphatic heterocycles. The maximum absolute atomic E-state index is 12.8. The second-order valence-electron chi connectivity index (χ2n) is 7.12. The molecule has 9 heteroatoms. The van der Waals surface area contributed by atoms with Crippen LogP contribution >= 0.6 is 7.60 Å². The SMILES string of the molecule is COc1c(C)c2c(c(O)c1CCOCP(=O)(OC(C)C)OC(C)C)C(=O)OC2. The van der Waals surface area contributed by atoms with E-state index in [0.717, 1.165) is 5.56 Å². The third kappa shape index (κ3) is 5.06. The van der Waals surface area contributed by atoms with Gasteiger partial charge < -0.3 is 28.4 Å². The van der Waals surface area contributed by atoms with Crippen LogP contribution in [0.3, 0.4) is 0 Å². The second kappa shape index (κ2) is 9.27. The van der Waals surface area contributed by atoms with Gasteiger partial charge in [0.25, 0.3) is 0 Å². The molecule has 0 unspecified atom stereocenters. The van der Waals surface area contributed by atoms with Crippen molar-refractivity contribution in [1.82, 2.24) is 0 Å². The predicted octanol–water partition coefficient (Wildman–Crippen LogP) is 3.94. The van der Waals surface area contributed by atoms with Crippen molar-refractivity contribution < 1.29 is 37.7 Å². The first-order chi connectivity index (χ1) is 13.1.